The molecule has 1 aromatic carbocycles. The van der Waals surface area contributed by atoms with E-state index in [1.807, 2.05) is 31.2 Å². The summed E-state index contributed by atoms with van der Waals surface area (Å²) in [7, 11) is 1.61. The van der Waals surface area contributed by atoms with Gasteiger partial charge in [0.25, 0.3) is 0 Å². The predicted octanol–water partition coefficient (Wildman–Crippen LogP) is 2.62. The van der Waals surface area contributed by atoms with Crippen LogP contribution in [-0.2, 0) is 16.0 Å². The van der Waals surface area contributed by atoms with Gasteiger partial charge in [0.15, 0.2) is 5.78 Å². The molecule has 0 fully saturated rings. The van der Waals surface area contributed by atoms with Gasteiger partial charge in [-0.25, -0.2) is 0 Å². The molecule has 0 unspecified atom stereocenters. The van der Waals surface area contributed by atoms with Crippen molar-refractivity contribution >= 4 is 5.78 Å². The van der Waals surface area contributed by atoms with Crippen LogP contribution in [-0.4, -0.2) is 25.1 Å². The highest BCUT2D eigenvalue weighted by molar-refractivity contribution is 5.88. The van der Waals surface area contributed by atoms with Gasteiger partial charge in [0.2, 0.25) is 0 Å². The molecule has 0 heterocycles. The van der Waals surface area contributed by atoms with E-state index in [1.165, 1.54) is 0 Å². The van der Waals surface area contributed by atoms with E-state index in [1.54, 1.807) is 21.0 Å². The Labute approximate surface area is 103 Å². The van der Waals surface area contributed by atoms with Crippen molar-refractivity contribution < 1.29 is 14.3 Å². The molecule has 0 radical (unpaired) electrons. The third kappa shape index (κ3) is 3.56. The van der Waals surface area contributed by atoms with Crippen LogP contribution in [0.15, 0.2) is 24.3 Å². The zero-order valence-electron chi connectivity index (χ0n) is 10.9. The van der Waals surface area contributed by atoms with E-state index in [9.17, 15) is 4.79 Å². The van der Waals surface area contributed by atoms with E-state index in [0.717, 1.165) is 11.3 Å². The average molecular weight is 236 g/mol. The van der Waals surface area contributed by atoms with Gasteiger partial charge in [-0.2, -0.15) is 0 Å². The molecule has 0 spiro atoms. The highest BCUT2D eigenvalue weighted by Crippen LogP contribution is 2.21. The van der Waals surface area contributed by atoms with Crippen molar-refractivity contribution in [2.24, 2.45) is 0 Å². The Morgan fingerprint density at radius 1 is 1.29 bits per heavy atom. The smallest absolute Gasteiger partial charge is 0.168 e. The first-order valence-corrected chi connectivity index (χ1v) is 5.80. The van der Waals surface area contributed by atoms with Crippen LogP contribution >= 0.6 is 0 Å². The Bertz CT molecular complexity index is 383. The Morgan fingerprint density at radius 3 is 2.53 bits per heavy atom. The summed E-state index contributed by atoms with van der Waals surface area (Å²) in [5.41, 5.74) is 0.156. The Balaban J connectivity index is 2.80. The minimum Gasteiger partial charge on any atom is -0.496 e. The van der Waals surface area contributed by atoms with Crippen molar-refractivity contribution in [1.29, 1.82) is 0 Å². The van der Waals surface area contributed by atoms with E-state index in [2.05, 4.69) is 0 Å². The molecular weight excluding hydrogens is 216 g/mol. The monoisotopic (exact) mass is 236 g/mol. The molecule has 0 aliphatic rings. The molecule has 17 heavy (non-hydrogen) atoms. The molecule has 0 saturated carbocycles. The Morgan fingerprint density at radius 2 is 1.94 bits per heavy atom. The van der Waals surface area contributed by atoms with Gasteiger partial charge in [0, 0.05) is 18.6 Å². The molecule has 0 bridgehead atoms. The van der Waals surface area contributed by atoms with Gasteiger partial charge in [-0.3, -0.25) is 4.79 Å². The van der Waals surface area contributed by atoms with E-state index < -0.39 is 5.60 Å². The number of carbonyl (C=O) groups excluding carboxylic acids is 1. The van der Waals surface area contributed by atoms with Gasteiger partial charge < -0.3 is 9.47 Å². The SMILES string of the molecule is CCOC(C)(C)C(=O)Cc1ccccc1OC. The first-order valence-electron chi connectivity index (χ1n) is 5.80. The first-order chi connectivity index (χ1) is 8.01. The highest BCUT2D eigenvalue weighted by atomic mass is 16.5. The van der Waals surface area contributed by atoms with Crippen LogP contribution < -0.4 is 4.74 Å². The van der Waals surface area contributed by atoms with Crippen LogP contribution in [0.5, 0.6) is 5.75 Å². The number of methoxy groups -OCH3 is 1. The fourth-order valence-corrected chi connectivity index (χ4v) is 1.68. The number of ketones is 1. The fraction of sp³-hybridized carbons (Fsp3) is 0.500. The van der Waals surface area contributed by atoms with Crippen LogP contribution in [0.3, 0.4) is 0 Å². The standard InChI is InChI=1S/C14H20O3/c1-5-17-14(2,3)13(15)10-11-8-6-7-9-12(11)16-4/h6-9H,5,10H2,1-4H3. The molecule has 3 nitrogen and oxygen atoms in total. The van der Waals surface area contributed by atoms with E-state index in [-0.39, 0.29) is 5.78 Å². The van der Waals surface area contributed by atoms with Gasteiger partial charge in [-0.15, -0.1) is 0 Å². The third-order valence-electron chi connectivity index (χ3n) is 2.72. The number of Topliss-reactive ketones (excluding diaryl/α,β-unsaturated/α-hetero) is 1. The van der Waals surface area contributed by atoms with Gasteiger partial charge in [0.1, 0.15) is 11.4 Å². The maximum Gasteiger partial charge on any atom is 0.168 e. The molecular formula is C14H20O3. The molecule has 0 aromatic heterocycles. The number of benzene rings is 1. The highest BCUT2D eigenvalue weighted by Gasteiger charge is 2.28. The second-order valence-electron chi connectivity index (χ2n) is 4.36. The van der Waals surface area contributed by atoms with E-state index in [0.29, 0.717) is 13.0 Å². The maximum atomic E-state index is 12.1. The van der Waals surface area contributed by atoms with Crippen molar-refractivity contribution in [2.45, 2.75) is 32.8 Å². The molecule has 0 amide bonds. The Hall–Kier alpha value is -1.35. The largest absolute Gasteiger partial charge is 0.496 e. The molecule has 1 rings (SSSR count). The van der Waals surface area contributed by atoms with Crippen molar-refractivity contribution in [1.82, 2.24) is 0 Å². The predicted molar refractivity (Wildman–Crippen MR) is 67.4 cm³/mol. The summed E-state index contributed by atoms with van der Waals surface area (Å²) in [6.07, 6.45) is 0.330. The van der Waals surface area contributed by atoms with Crippen molar-refractivity contribution in [3.05, 3.63) is 29.8 Å². The fourth-order valence-electron chi connectivity index (χ4n) is 1.68. The summed E-state index contributed by atoms with van der Waals surface area (Å²) in [4.78, 5) is 12.1. The third-order valence-corrected chi connectivity index (χ3v) is 2.72. The van der Waals surface area contributed by atoms with Crippen LogP contribution in [0.2, 0.25) is 0 Å². The number of rotatable bonds is 6. The minimum absolute atomic E-state index is 0.0591. The van der Waals surface area contributed by atoms with Crippen molar-refractivity contribution in [3.8, 4) is 5.75 Å². The topological polar surface area (TPSA) is 35.5 Å². The average Bonchev–Trinajstić information content (AvgIpc) is 2.29. The molecule has 0 N–H and O–H groups in total. The summed E-state index contributed by atoms with van der Waals surface area (Å²) in [5.74, 6) is 0.803. The molecule has 0 saturated heterocycles. The van der Waals surface area contributed by atoms with Gasteiger partial charge >= 0.3 is 0 Å². The van der Waals surface area contributed by atoms with Crippen LogP contribution in [0.1, 0.15) is 26.3 Å². The Kier molecular flexibility index (Phi) is 4.70. The van der Waals surface area contributed by atoms with Crippen molar-refractivity contribution in [3.63, 3.8) is 0 Å². The lowest BCUT2D eigenvalue weighted by Crippen LogP contribution is -2.36. The quantitative estimate of drug-likeness (QED) is 0.761. The second-order valence-corrected chi connectivity index (χ2v) is 4.36. The molecule has 3 heteroatoms. The number of para-hydroxylation sites is 1. The number of ether oxygens (including phenoxy) is 2. The lowest BCUT2D eigenvalue weighted by Gasteiger charge is -2.23. The first kappa shape index (κ1) is 13.7. The van der Waals surface area contributed by atoms with Crippen LogP contribution in [0.25, 0.3) is 0 Å². The molecule has 0 aliphatic carbocycles. The maximum absolute atomic E-state index is 12.1. The summed E-state index contributed by atoms with van der Waals surface area (Å²) in [6, 6.07) is 7.55. The normalized spacial score (nSPS) is 11.3. The molecule has 0 atom stereocenters. The van der Waals surface area contributed by atoms with Crippen LogP contribution in [0.4, 0.5) is 0 Å². The molecule has 1 aromatic rings. The number of hydrogen-bond acceptors (Lipinski definition) is 3. The zero-order chi connectivity index (χ0) is 12.9. The minimum atomic E-state index is -0.740. The van der Waals surface area contributed by atoms with Gasteiger partial charge in [-0.05, 0) is 26.8 Å². The van der Waals surface area contributed by atoms with E-state index in [4.69, 9.17) is 9.47 Å². The van der Waals surface area contributed by atoms with E-state index >= 15 is 0 Å². The van der Waals surface area contributed by atoms with Crippen molar-refractivity contribution in [2.75, 3.05) is 13.7 Å². The zero-order valence-corrected chi connectivity index (χ0v) is 10.9. The second kappa shape index (κ2) is 5.82. The van der Waals surface area contributed by atoms with Gasteiger partial charge in [0.05, 0.1) is 7.11 Å². The lowest BCUT2D eigenvalue weighted by atomic mass is 9.96. The summed E-state index contributed by atoms with van der Waals surface area (Å²) < 4.78 is 10.7. The molecule has 94 valence electrons. The summed E-state index contributed by atoms with van der Waals surface area (Å²) in [6.45, 7) is 6.02. The van der Waals surface area contributed by atoms with Crippen LogP contribution in [0, 0.1) is 0 Å². The number of hydrogen-bond donors (Lipinski definition) is 0. The summed E-state index contributed by atoms with van der Waals surface area (Å²) >= 11 is 0. The lowest BCUT2D eigenvalue weighted by molar-refractivity contribution is -0.139. The van der Waals surface area contributed by atoms with Gasteiger partial charge in [-0.1, -0.05) is 18.2 Å². The summed E-state index contributed by atoms with van der Waals surface area (Å²) in [5, 5.41) is 0. The number of carbonyl (C=O) groups is 1. The molecule has 0 aliphatic heterocycles.